The summed E-state index contributed by atoms with van der Waals surface area (Å²) in [6, 6.07) is 4.16. The van der Waals surface area contributed by atoms with Crippen molar-refractivity contribution in [1.29, 1.82) is 0 Å². The van der Waals surface area contributed by atoms with E-state index in [-0.39, 0.29) is 0 Å². The molecule has 0 aliphatic heterocycles. The Bertz CT molecular complexity index is 381. The van der Waals surface area contributed by atoms with Crippen LogP contribution in [0.2, 0.25) is 0 Å². The SMILES string of the molecule is CCC(C)(C)Cc1cc(OC)c(OC)cc1C. The Morgan fingerprint density at radius 2 is 1.59 bits per heavy atom. The zero-order valence-electron chi connectivity index (χ0n) is 11.9. The summed E-state index contributed by atoms with van der Waals surface area (Å²) >= 11 is 0. The molecule has 1 aromatic carbocycles. The van der Waals surface area contributed by atoms with E-state index in [9.17, 15) is 0 Å². The molecule has 0 bridgehead atoms. The Kier molecular flexibility index (Phi) is 4.44. The number of benzene rings is 1. The summed E-state index contributed by atoms with van der Waals surface area (Å²) < 4.78 is 10.7. The van der Waals surface area contributed by atoms with Gasteiger partial charge in [0, 0.05) is 0 Å². The van der Waals surface area contributed by atoms with Gasteiger partial charge in [0.1, 0.15) is 0 Å². The molecular formula is C15H24O2. The van der Waals surface area contributed by atoms with Crippen molar-refractivity contribution in [2.24, 2.45) is 5.41 Å². The average Bonchev–Trinajstić information content (AvgIpc) is 2.31. The summed E-state index contributed by atoms with van der Waals surface area (Å²) in [5.74, 6) is 1.63. The third kappa shape index (κ3) is 3.39. The van der Waals surface area contributed by atoms with Crippen LogP contribution in [0.4, 0.5) is 0 Å². The largest absolute Gasteiger partial charge is 0.493 e. The Hall–Kier alpha value is -1.18. The molecule has 0 aromatic heterocycles. The van der Waals surface area contributed by atoms with Crippen molar-refractivity contribution in [3.63, 3.8) is 0 Å². The zero-order chi connectivity index (χ0) is 13.1. The Morgan fingerprint density at radius 3 is 2.06 bits per heavy atom. The highest BCUT2D eigenvalue weighted by atomic mass is 16.5. The fourth-order valence-electron chi connectivity index (χ4n) is 1.85. The predicted octanol–water partition coefficient (Wildman–Crippen LogP) is 3.99. The maximum absolute atomic E-state index is 5.36. The lowest BCUT2D eigenvalue weighted by Gasteiger charge is -2.24. The number of hydrogen-bond acceptors (Lipinski definition) is 2. The minimum Gasteiger partial charge on any atom is -0.493 e. The molecule has 0 atom stereocenters. The van der Waals surface area contributed by atoms with Crippen LogP contribution in [0, 0.1) is 12.3 Å². The first-order valence-corrected chi connectivity index (χ1v) is 6.15. The number of ether oxygens (including phenoxy) is 2. The van der Waals surface area contributed by atoms with E-state index in [2.05, 4.69) is 39.8 Å². The quantitative estimate of drug-likeness (QED) is 0.769. The van der Waals surface area contributed by atoms with Gasteiger partial charge in [-0.1, -0.05) is 27.2 Å². The predicted molar refractivity (Wildman–Crippen MR) is 72.1 cm³/mol. The summed E-state index contributed by atoms with van der Waals surface area (Å²) in [5, 5.41) is 0. The molecule has 0 unspecified atom stereocenters. The summed E-state index contributed by atoms with van der Waals surface area (Å²) in [6.07, 6.45) is 2.23. The standard InChI is InChI=1S/C15H24O2/c1-7-15(3,4)10-12-9-14(17-6)13(16-5)8-11(12)2/h8-9H,7,10H2,1-6H3. The molecular weight excluding hydrogens is 212 g/mol. The van der Waals surface area contributed by atoms with E-state index < -0.39 is 0 Å². The molecule has 0 spiro atoms. The second-order valence-electron chi connectivity index (χ2n) is 5.33. The Labute approximate surface area is 105 Å². The summed E-state index contributed by atoms with van der Waals surface area (Å²) in [4.78, 5) is 0. The van der Waals surface area contributed by atoms with Gasteiger partial charge in [0.05, 0.1) is 14.2 Å². The smallest absolute Gasteiger partial charge is 0.161 e. The number of hydrogen-bond donors (Lipinski definition) is 0. The van der Waals surface area contributed by atoms with Gasteiger partial charge in [0.15, 0.2) is 11.5 Å². The van der Waals surface area contributed by atoms with Gasteiger partial charge in [-0.25, -0.2) is 0 Å². The molecule has 0 radical (unpaired) electrons. The van der Waals surface area contributed by atoms with Crippen LogP contribution in [0.3, 0.4) is 0 Å². The van der Waals surface area contributed by atoms with Crippen molar-refractivity contribution in [1.82, 2.24) is 0 Å². The molecule has 0 saturated carbocycles. The van der Waals surface area contributed by atoms with Gasteiger partial charge in [0.2, 0.25) is 0 Å². The van der Waals surface area contributed by atoms with Crippen LogP contribution in [0.15, 0.2) is 12.1 Å². The zero-order valence-corrected chi connectivity index (χ0v) is 11.9. The van der Waals surface area contributed by atoms with Crippen molar-refractivity contribution in [3.05, 3.63) is 23.3 Å². The van der Waals surface area contributed by atoms with Crippen molar-refractivity contribution in [2.75, 3.05) is 14.2 Å². The van der Waals surface area contributed by atoms with E-state index in [0.717, 1.165) is 17.9 Å². The van der Waals surface area contributed by atoms with Crippen LogP contribution >= 0.6 is 0 Å². The molecule has 17 heavy (non-hydrogen) atoms. The molecule has 1 aromatic rings. The lowest BCUT2D eigenvalue weighted by Crippen LogP contribution is -2.14. The maximum atomic E-state index is 5.36. The van der Waals surface area contributed by atoms with Gasteiger partial charge < -0.3 is 9.47 Å². The first kappa shape index (κ1) is 13.9. The normalized spacial score (nSPS) is 11.4. The molecule has 0 heterocycles. The van der Waals surface area contributed by atoms with E-state index in [4.69, 9.17) is 9.47 Å². The van der Waals surface area contributed by atoms with E-state index in [1.165, 1.54) is 17.5 Å². The Morgan fingerprint density at radius 1 is 1.06 bits per heavy atom. The first-order valence-electron chi connectivity index (χ1n) is 6.15. The van der Waals surface area contributed by atoms with Crippen molar-refractivity contribution in [2.45, 2.75) is 40.5 Å². The second-order valence-corrected chi connectivity index (χ2v) is 5.33. The van der Waals surface area contributed by atoms with Gasteiger partial charge in [-0.05, 0) is 42.0 Å². The second kappa shape index (κ2) is 5.44. The number of aryl methyl sites for hydroxylation is 1. The summed E-state index contributed by atoms with van der Waals surface area (Å²) in [5.41, 5.74) is 2.93. The molecule has 1 rings (SSSR count). The van der Waals surface area contributed by atoms with E-state index in [0.29, 0.717) is 5.41 Å². The van der Waals surface area contributed by atoms with Gasteiger partial charge in [-0.3, -0.25) is 0 Å². The number of rotatable bonds is 5. The van der Waals surface area contributed by atoms with Crippen molar-refractivity contribution >= 4 is 0 Å². The minimum atomic E-state index is 0.324. The average molecular weight is 236 g/mol. The highest BCUT2D eigenvalue weighted by Crippen LogP contribution is 2.34. The molecule has 0 aliphatic rings. The third-order valence-electron chi connectivity index (χ3n) is 3.47. The minimum absolute atomic E-state index is 0.324. The molecule has 0 amide bonds. The Balaban J connectivity index is 3.09. The van der Waals surface area contributed by atoms with Gasteiger partial charge in [-0.15, -0.1) is 0 Å². The van der Waals surface area contributed by atoms with E-state index in [1.807, 2.05) is 0 Å². The van der Waals surface area contributed by atoms with Crippen LogP contribution in [0.25, 0.3) is 0 Å². The van der Waals surface area contributed by atoms with Gasteiger partial charge >= 0.3 is 0 Å². The van der Waals surface area contributed by atoms with Crippen molar-refractivity contribution in [3.8, 4) is 11.5 Å². The molecule has 2 heteroatoms. The van der Waals surface area contributed by atoms with Gasteiger partial charge in [0.25, 0.3) is 0 Å². The summed E-state index contributed by atoms with van der Waals surface area (Å²) in [7, 11) is 3.36. The van der Waals surface area contributed by atoms with Crippen LogP contribution in [0.1, 0.15) is 38.3 Å². The fraction of sp³-hybridized carbons (Fsp3) is 0.600. The third-order valence-corrected chi connectivity index (χ3v) is 3.47. The molecule has 2 nitrogen and oxygen atoms in total. The molecule has 96 valence electrons. The topological polar surface area (TPSA) is 18.5 Å². The summed E-state index contributed by atoms with van der Waals surface area (Å²) in [6.45, 7) is 8.95. The van der Waals surface area contributed by atoms with Crippen LogP contribution in [0.5, 0.6) is 11.5 Å². The lowest BCUT2D eigenvalue weighted by molar-refractivity contribution is 0.341. The monoisotopic (exact) mass is 236 g/mol. The fourth-order valence-corrected chi connectivity index (χ4v) is 1.85. The van der Waals surface area contributed by atoms with E-state index >= 15 is 0 Å². The molecule has 0 N–H and O–H groups in total. The molecule has 0 saturated heterocycles. The van der Waals surface area contributed by atoms with Crippen molar-refractivity contribution < 1.29 is 9.47 Å². The first-order chi connectivity index (χ1) is 7.93. The van der Waals surface area contributed by atoms with E-state index in [1.54, 1.807) is 14.2 Å². The van der Waals surface area contributed by atoms with Crippen LogP contribution in [-0.2, 0) is 6.42 Å². The maximum Gasteiger partial charge on any atom is 0.161 e. The van der Waals surface area contributed by atoms with Crippen LogP contribution in [-0.4, -0.2) is 14.2 Å². The highest BCUT2D eigenvalue weighted by Gasteiger charge is 2.18. The van der Waals surface area contributed by atoms with Crippen LogP contribution < -0.4 is 9.47 Å². The van der Waals surface area contributed by atoms with Gasteiger partial charge in [-0.2, -0.15) is 0 Å². The lowest BCUT2D eigenvalue weighted by atomic mass is 9.82. The highest BCUT2D eigenvalue weighted by molar-refractivity contribution is 5.47. The molecule has 0 aliphatic carbocycles. The number of methoxy groups -OCH3 is 2. The molecule has 0 fully saturated rings.